The van der Waals surface area contributed by atoms with Crippen molar-refractivity contribution in [3.05, 3.63) is 61.0 Å². The Morgan fingerprint density at radius 1 is 1.50 bits per heavy atom. The van der Waals surface area contributed by atoms with Crippen molar-refractivity contribution in [2.45, 2.75) is 39.2 Å². The van der Waals surface area contributed by atoms with E-state index in [2.05, 4.69) is 22.4 Å². The number of aryl methyl sites for hydroxylation is 1. The molecular weight excluding hydrogens is 434 g/mol. The SMILES string of the molecule is CC1CCc2c(sc3ncn(C(C)C(=O)NN=Cc4ccc(O)c([N+](=O)[O-])c4)c(=O)c23)C1. The molecule has 0 fully saturated rings. The van der Waals surface area contributed by atoms with Gasteiger partial charge in [-0.3, -0.25) is 24.3 Å². The first-order chi connectivity index (χ1) is 15.3. The quantitative estimate of drug-likeness (QED) is 0.344. The molecule has 1 aliphatic carbocycles. The second kappa shape index (κ2) is 8.50. The van der Waals surface area contributed by atoms with E-state index in [1.165, 1.54) is 34.1 Å². The summed E-state index contributed by atoms with van der Waals surface area (Å²) in [5.74, 6) is -0.414. The molecule has 2 unspecified atom stereocenters. The Labute approximate surface area is 186 Å². The lowest BCUT2D eigenvalue weighted by Crippen LogP contribution is -2.34. The Morgan fingerprint density at radius 2 is 2.28 bits per heavy atom. The van der Waals surface area contributed by atoms with Crippen molar-refractivity contribution in [1.29, 1.82) is 0 Å². The van der Waals surface area contributed by atoms with Gasteiger partial charge in [-0.25, -0.2) is 10.4 Å². The van der Waals surface area contributed by atoms with E-state index in [0.717, 1.165) is 30.9 Å². The number of fused-ring (bicyclic) bond motifs is 3. The summed E-state index contributed by atoms with van der Waals surface area (Å²) >= 11 is 1.55. The zero-order chi connectivity index (χ0) is 23.0. The van der Waals surface area contributed by atoms with Gasteiger partial charge in [-0.2, -0.15) is 5.10 Å². The van der Waals surface area contributed by atoms with Crippen LogP contribution < -0.4 is 11.0 Å². The molecule has 1 aliphatic rings. The summed E-state index contributed by atoms with van der Waals surface area (Å²) in [6, 6.07) is 2.87. The predicted octanol–water partition coefficient (Wildman–Crippen LogP) is 2.91. The molecule has 1 amide bonds. The standard InChI is InChI=1S/C21H21N5O5S/c1-11-3-5-14-17(7-11)32-20-18(14)21(29)25(10-22-20)12(2)19(28)24-23-9-13-4-6-16(27)15(8-13)26(30)31/h4,6,8-12,27H,3,5,7H2,1-2H3,(H,24,28). The number of nitro benzene ring substituents is 1. The Balaban J connectivity index is 1.54. The van der Waals surface area contributed by atoms with Crippen LogP contribution in [0.15, 0.2) is 34.4 Å². The summed E-state index contributed by atoms with van der Waals surface area (Å²) < 4.78 is 1.30. The van der Waals surface area contributed by atoms with Crippen LogP contribution in [0.3, 0.4) is 0 Å². The van der Waals surface area contributed by atoms with E-state index in [1.54, 1.807) is 18.3 Å². The molecule has 3 aromatic rings. The zero-order valence-electron chi connectivity index (χ0n) is 17.4. The number of carbonyl (C=O) groups is 1. The molecule has 32 heavy (non-hydrogen) atoms. The van der Waals surface area contributed by atoms with Crippen LogP contribution >= 0.6 is 11.3 Å². The van der Waals surface area contributed by atoms with Crippen LogP contribution in [0.25, 0.3) is 10.2 Å². The summed E-state index contributed by atoms with van der Waals surface area (Å²) in [6.07, 6.45) is 5.40. The maximum atomic E-state index is 13.1. The lowest BCUT2D eigenvalue weighted by molar-refractivity contribution is -0.385. The summed E-state index contributed by atoms with van der Waals surface area (Å²) in [6.45, 7) is 3.77. The smallest absolute Gasteiger partial charge is 0.311 e. The van der Waals surface area contributed by atoms with Gasteiger partial charge in [0.2, 0.25) is 0 Å². The van der Waals surface area contributed by atoms with Crippen molar-refractivity contribution in [2.75, 3.05) is 0 Å². The van der Waals surface area contributed by atoms with Gasteiger partial charge in [0.05, 0.1) is 22.9 Å². The number of aromatic hydroxyl groups is 1. The number of nitro groups is 1. The average molecular weight is 455 g/mol. The summed E-state index contributed by atoms with van der Waals surface area (Å²) in [7, 11) is 0. The molecule has 0 bridgehead atoms. The van der Waals surface area contributed by atoms with E-state index < -0.39 is 28.3 Å². The maximum absolute atomic E-state index is 13.1. The Bertz CT molecular complexity index is 1310. The number of hydrazone groups is 1. The molecule has 4 rings (SSSR count). The zero-order valence-corrected chi connectivity index (χ0v) is 18.3. The first-order valence-electron chi connectivity index (χ1n) is 10.1. The van der Waals surface area contributed by atoms with Crippen molar-refractivity contribution in [3.63, 3.8) is 0 Å². The number of hydrogen-bond acceptors (Lipinski definition) is 8. The number of aromatic nitrogens is 2. The highest BCUT2D eigenvalue weighted by atomic mass is 32.1. The maximum Gasteiger partial charge on any atom is 0.311 e. The van der Waals surface area contributed by atoms with Gasteiger partial charge in [0.15, 0.2) is 5.75 Å². The number of nitrogens with zero attached hydrogens (tertiary/aromatic N) is 4. The monoisotopic (exact) mass is 455 g/mol. The number of phenols is 1. The Morgan fingerprint density at radius 3 is 3.03 bits per heavy atom. The van der Waals surface area contributed by atoms with Crippen LogP contribution in [0.5, 0.6) is 5.75 Å². The highest BCUT2D eigenvalue weighted by Gasteiger charge is 2.25. The first kappa shape index (κ1) is 21.6. The normalized spacial score (nSPS) is 16.8. The Hall–Kier alpha value is -3.60. The number of benzene rings is 1. The van der Waals surface area contributed by atoms with E-state index in [-0.39, 0.29) is 5.56 Å². The van der Waals surface area contributed by atoms with Crippen LogP contribution in [0.1, 0.15) is 42.3 Å². The molecule has 2 atom stereocenters. The topological polar surface area (TPSA) is 140 Å². The molecule has 0 saturated heterocycles. The van der Waals surface area contributed by atoms with Crippen LogP contribution in [0, 0.1) is 16.0 Å². The van der Waals surface area contributed by atoms with Gasteiger partial charge >= 0.3 is 5.69 Å². The van der Waals surface area contributed by atoms with Crippen LogP contribution in [0.2, 0.25) is 0 Å². The highest BCUT2D eigenvalue weighted by Crippen LogP contribution is 2.35. The van der Waals surface area contributed by atoms with Crippen LogP contribution in [-0.2, 0) is 17.6 Å². The fourth-order valence-electron chi connectivity index (χ4n) is 3.78. The predicted molar refractivity (Wildman–Crippen MR) is 120 cm³/mol. The number of phenolic OH excluding ortho intramolecular Hbond substituents is 1. The fraction of sp³-hybridized carbons (Fsp3) is 0.333. The highest BCUT2D eigenvalue weighted by molar-refractivity contribution is 7.18. The van der Waals surface area contributed by atoms with E-state index in [4.69, 9.17) is 0 Å². The summed E-state index contributed by atoms with van der Waals surface area (Å²) in [5.41, 5.74) is 3.00. The van der Waals surface area contributed by atoms with E-state index in [9.17, 15) is 24.8 Å². The molecule has 166 valence electrons. The second-order valence-corrected chi connectivity index (χ2v) is 8.99. The molecule has 1 aromatic carbocycles. The number of rotatable bonds is 5. The van der Waals surface area contributed by atoms with E-state index in [1.807, 2.05) is 0 Å². The number of carbonyl (C=O) groups excluding carboxylic acids is 1. The first-order valence-corrected chi connectivity index (χ1v) is 10.9. The van der Waals surface area contributed by atoms with Gasteiger partial charge < -0.3 is 5.11 Å². The number of thiophene rings is 1. The minimum Gasteiger partial charge on any atom is -0.502 e. The van der Waals surface area contributed by atoms with Gasteiger partial charge in [0.1, 0.15) is 10.9 Å². The van der Waals surface area contributed by atoms with Gasteiger partial charge in [-0.1, -0.05) is 6.92 Å². The second-order valence-electron chi connectivity index (χ2n) is 7.90. The molecular formula is C21H21N5O5S. The number of nitrogens with one attached hydrogen (secondary N) is 1. The van der Waals surface area contributed by atoms with E-state index >= 15 is 0 Å². The van der Waals surface area contributed by atoms with Crippen molar-refractivity contribution < 1.29 is 14.8 Å². The molecule has 2 N–H and O–H groups in total. The van der Waals surface area contributed by atoms with Crippen molar-refractivity contribution in [3.8, 4) is 5.75 Å². The number of hydrogen-bond donors (Lipinski definition) is 2. The molecule has 0 saturated carbocycles. The van der Waals surface area contributed by atoms with Gasteiger partial charge in [-0.05, 0) is 49.8 Å². The minimum atomic E-state index is -0.858. The summed E-state index contributed by atoms with van der Waals surface area (Å²) in [5, 5.41) is 24.8. The molecule has 0 spiro atoms. The third kappa shape index (κ3) is 3.98. The molecule has 0 aliphatic heterocycles. The lowest BCUT2D eigenvalue weighted by Gasteiger charge is -2.18. The van der Waals surface area contributed by atoms with Crippen molar-refractivity contribution in [2.24, 2.45) is 11.0 Å². The largest absolute Gasteiger partial charge is 0.502 e. The van der Waals surface area contributed by atoms with Crippen LogP contribution in [0.4, 0.5) is 5.69 Å². The van der Waals surface area contributed by atoms with E-state index in [0.29, 0.717) is 21.7 Å². The summed E-state index contributed by atoms with van der Waals surface area (Å²) in [4.78, 5) is 42.2. The third-order valence-corrected chi connectivity index (χ3v) is 6.78. The minimum absolute atomic E-state index is 0.247. The lowest BCUT2D eigenvalue weighted by atomic mass is 9.89. The third-order valence-electron chi connectivity index (χ3n) is 5.62. The fourth-order valence-corrected chi connectivity index (χ4v) is 5.12. The van der Waals surface area contributed by atoms with Crippen molar-refractivity contribution >= 4 is 39.4 Å². The molecule has 2 heterocycles. The Kier molecular flexibility index (Phi) is 5.74. The molecule has 11 heteroatoms. The van der Waals surface area contributed by atoms with Crippen LogP contribution in [-0.4, -0.2) is 31.7 Å². The van der Waals surface area contributed by atoms with Gasteiger partial charge in [0, 0.05) is 16.5 Å². The molecule has 10 nitrogen and oxygen atoms in total. The molecule has 2 aromatic heterocycles. The number of amides is 1. The van der Waals surface area contributed by atoms with Gasteiger partial charge in [0.25, 0.3) is 11.5 Å². The molecule has 0 radical (unpaired) electrons. The van der Waals surface area contributed by atoms with Crippen molar-refractivity contribution in [1.82, 2.24) is 15.0 Å². The van der Waals surface area contributed by atoms with Gasteiger partial charge in [-0.15, -0.1) is 11.3 Å². The average Bonchev–Trinajstić information content (AvgIpc) is 3.12.